The van der Waals surface area contributed by atoms with Crippen molar-refractivity contribution in [2.24, 2.45) is 5.41 Å². The molecule has 4 heteroatoms. The average molecular weight is 226 g/mol. The van der Waals surface area contributed by atoms with Gasteiger partial charge in [0.2, 0.25) is 0 Å². The Balaban J connectivity index is 3.63. The molecule has 17 heavy (non-hydrogen) atoms. The monoisotopic (exact) mass is 226 g/mol. The van der Waals surface area contributed by atoms with Gasteiger partial charge in [-0.25, -0.2) is 0 Å². The van der Waals surface area contributed by atoms with Crippen LogP contribution in [0.4, 0.5) is 0 Å². The molecule has 86 valence electrons. The van der Waals surface area contributed by atoms with E-state index in [1.165, 1.54) is 0 Å². The molecule has 1 heterocycles. The summed E-state index contributed by atoms with van der Waals surface area (Å²) in [6.07, 6.45) is 0. The zero-order valence-corrected chi connectivity index (χ0v) is 10.5. The summed E-state index contributed by atoms with van der Waals surface area (Å²) in [6.45, 7) is 7.88. The van der Waals surface area contributed by atoms with Gasteiger partial charge in [-0.05, 0) is 13.8 Å². The van der Waals surface area contributed by atoms with Gasteiger partial charge in [-0.2, -0.15) is 15.8 Å². The van der Waals surface area contributed by atoms with Gasteiger partial charge in [0.1, 0.15) is 11.8 Å². The first kappa shape index (κ1) is 12.8. The van der Waals surface area contributed by atoms with Crippen molar-refractivity contribution >= 4 is 0 Å². The Morgan fingerprint density at radius 3 is 1.94 bits per heavy atom. The fourth-order valence-electron chi connectivity index (χ4n) is 2.24. The van der Waals surface area contributed by atoms with E-state index in [9.17, 15) is 15.8 Å². The number of hydrogen-bond donors (Lipinski definition) is 0. The van der Waals surface area contributed by atoms with Crippen molar-refractivity contribution in [3.8, 4) is 18.2 Å². The zero-order chi connectivity index (χ0) is 13.2. The molecule has 0 spiro atoms. The summed E-state index contributed by atoms with van der Waals surface area (Å²) in [6, 6.07) is 6.31. The van der Waals surface area contributed by atoms with Gasteiger partial charge in [0.05, 0.1) is 23.3 Å². The minimum Gasteiger partial charge on any atom is -0.335 e. The maximum Gasteiger partial charge on any atom is 0.135 e. The molecule has 0 atom stereocenters. The third-order valence-corrected chi connectivity index (χ3v) is 3.17. The highest BCUT2D eigenvalue weighted by atomic mass is 15.2. The first-order valence-corrected chi connectivity index (χ1v) is 5.39. The number of nitrogens with zero attached hydrogens (tertiary/aromatic N) is 4. The molecular weight excluding hydrogens is 212 g/mol. The van der Waals surface area contributed by atoms with Gasteiger partial charge < -0.3 is 4.90 Å². The molecular formula is C13H14N4. The highest BCUT2D eigenvalue weighted by Gasteiger charge is 2.39. The number of rotatable bonds is 1. The number of nitriles is 3. The van der Waals surface area contributed by atoms with E-state index in [4.69, 9.17) is 0 Å². The second-order valence-electron chi connectivity index (χ2n) is 4.39. The molecule has 0 unspecified atom stereocenters. The molecule has 0 radical (unpaired) electrons. The van der Waals surface area contributed by atoms with Crippen LogP contribution in [0.25, 0.3) is 0 Å². The predicted molar refractivity (Wildman–Crippen MR) is 62.7 cm³/mol. The quantitative estimate of drug-likeness (QED) is 0.688. The molecule has 0 fully saturated rings. The van der Waals surface area contributed by atoms with Crippen LogP contribution in [-0.2, 0) is 0 Å². The summed E-state index contributed by atoms with van der Waals surface area (Å²) in [7, 11) is 0. The summed E-state index contributed by atoms with van der Waals surface area (Å²) < 4.78 is 0. The molecule has 0 saturated heterocycles. The summed E-state index contributed by atoms with van der Waals surface area (Å²) in [5.74, 6) is 0. The molecule has 0 amide bonds. The minimum absolute atomic E-state index is 0.358. The molecule has 0 aromatic heterocycles. The first-order valence-electron chi connectivity index (χ1n) is 5.39. The lowest BCUT2D eigenvalue weighted by Gasteiger charge is -2.37. The molecule has 0 aromatic rings. The molecule has 4 nitrogen and oxygen atoms in total. The van der Waals surface area contributed by atoms with E-state index in [0.29, 0.717) is 23.4 Å². The highest BCUT2D eigenvalue weighted by molar-refractivity contribution is 5.54. The summed E-state index contributed by atoms with van der Waals surface area (Å²) >= 11 is 0. The Kier molecular flexibility index (Phi) is 3.26. The van der Waals surface area contributed by atoms with Crippen LogP contribution in [0.1, 0.15) is 27.7 Å². The summed E-state index contributed by atoms with van der Waals surface area (Å²) in [5.41, 5.74) is 1.34. The van der Waals surface area contributed by atoms with E-state index in [-0.39, 0.29) is 0 Å². The van der Waals surface area contributed by atoms with Gasteiger partial charge in [-0.1, -0.05) is 13.8 Å². The van der Waals surface area contributed by atoms with Crippen molar-refractivity contribution in [1.82, 2.24) is 4.90 Å². The Hall–Kier alpha value is -2.25. The second-order valence-corrected chi connectivity index (χ2v) is 4.39. The van der Waals surface area contributed by atoms with Gasteiger partial charge in [0, 0.05) is 17.7 Å². The summed E-state index contributed by atoms with van der Waals surface area (Å²) in [5, 5.41) is 27.7. The Bertz CT molecular complexity index is 529. The third-order valence-electron chi connectivity index (χ3n) is 3.17. The van der Waals surface area contributed by atoms with E-state index >= 15 is 0 Å². The highest BCUT2D eigenvalue weighted by Crippen LogP contribution is 2.43. The topological polar surface area (TPSA) is 74.6 Å². The number of hydrogen-bond acceptors (Lipinski definition) is 4. The normalized spacial score (nSPS) is 18.5. The smallest absolute Gasteiger partial charge is 0.135 e. The lowest BCUT2D eigenvalue weighted by molar-refractivity contribution is 0.400. The average Bonchev–Trinajstić information content (AvgIpc) is 2.28. The number of allylic oxidation sites excluding steroid dienone is 4. The van der Waals surface area contributed by atoms with Gasteiger partial charge >= 0.3 is 0 Å². The molecule has 0 bridgehead atoms. The van der Waals surface area contributed by atoms with Gasteiger partial charge in [-0.3, -0.25) is 0 Å². The van der Waals surface area contributed by atoms with Crippen molar-refractivity contribution in [2.45, 2.75) is 27.7 Å². The SMILES string of the molecule is CCN1C(C)=C(C#N)C(C)(C)C(C#N)=C1C#N. The van der Waals surface area contributed by atoms with Crippen LogP contribution in [0.2, 0.25) is 0 Å². The Labute approximate surface area is 102 Å². The molecule has 0 saturated carbocycles. The van der Waals surface area contributed by atoms with Gasteiger partial charge in [0.15, 0.2) is 0 Å². The van der Waals surface area contributed by atoms with Crippen LogP contribution < -0.4 is 0 Å². The van der Waals surface area contributed by atoms with Gasteiger partial charge in [-0.15, -0.1) is 0 Å². The molecule has 0 aliphatic carbocycles. The van der Waals surface area contributed by atoms with Crippen molar-refractivity contribution in [3.63, 3.8) is 0 Å². The molecule has 1 rings (SSSR count). The van der Waals surface area contributed by atoms with Gasteiger partial charge in [0.25, 0.3) is 0 Å². The van der Waals surface area contributed by atoms with E-state index in [1.54, 1.807) is 18.7 Å². The van der Waals surface area contributed by atoms with E-state index in [2.05, 4.69) is 18.2 Å². The lowest BCUT2D eigenvalue weighted by atomic mass is 9.74. The first-order chi connectivity index (χ1) is 7.95. The van der Waals surface area contributed by atoms with E-state index in [1.807, 2.05) is 13.8 Å². The second kappa shape index (κ2) is 4.32. The third kappa shape index (κ3) is 1.67. The zero-order valence-electron chi connectivity index (χ0n) is 10.5. The predicted octanol–water partition coefficient (Wildman–Crippen LogP) is 2.45. The molecule has 1 aliphatic rings. The van der Waals surface area contributed by atoms with Crippen LogP contribution in [0, 0.1) is 39.4 Å². The van der Waals surface area contributed by atoms with Crippen molar-refractivity contribution < 1.29 is 0 Å². The van der Waals surface area contributed by atoms with Crippen LogP contribution in [-0.4, -0.2) is 11.4 Å². The van der Waals surface area contributed by atoms with Crippen LogP contribution in [0.3, 0.4) is 0 Å². The van der Waals surface area contributed by atoms with Crippen molar-refractivity contribution in [3.05, 3.63) is 22.5 Å². The fraction of sp³-hybridized carbons (Fsp3) is 0.462. The maximum absolute atomic E-state index is 9.23. The van der Waals surface area contributed by atoms with Crippen LogP contribution in [0.15, 0.2) is 22.5 Å². The Morgan fingerprint density at radius 2 is 1.59 bits per heavy atom. The standard InChI is InChI=1S/C13H14N4/c1-5-17-9(2)10(6-14)13(3,4)11(7-15)12(17)8-16/h5H2,1-4H3. The largest absolute Gasteiger partial charge is 0.335 e. The fourth-order valence-corrected chi connectivity index (χ4v) is 2.24. The Morgan fingerprint density at radius 1 is 1.06 bits per heavy atom. The van der Waals surface area contributed by atoms with Crippen LogP contribution >= 0.6 is 0 Å². The van der Waals surface area contributed by atoms with Crippen molar-refractivity contribution in [1.29, 1.82) is 15.8 Å². The molecule has 0 aromatic carbocycles. The maximum atomic E-state index is 9.23. The van der Waals surface area contributed by atoms with Crippen molar-refractivity contribution in [2.75, 3.05) is 6.54 Å². The van der Waals surface area contributed by atoms with Crippen LogP contribution in [0.5, 0.6) is 0 Å². The van der Waals surface area contributed by atoms with E-state index in [0.717, 1.165) is 5.70 Å². The summed E-state index contributed by atoms with van der Waals surface area (Å²) in [4.78, 5) is 1.72. The van der Waals surface area contributed by atoms with E-state index < -0.39 is 5.41 Å². The molecule has 0 N–H and O–H groups in total. The lowest BCUT2D eigenvalue weighted by Crippen LogP contribution is -2.34. The molecule has 1 aliphatic heterocycles. The minimum atomic E-state index is -0.690.